The molecule has 0 saturated heterocycles. The van der Waals surface area contributed by atoms with Gasteiger partial charge in [0, 0.05) is 24.7 Å². The summed E-state index contributed by atoms with van der Waals surface area (Å²) in [6, 6.07) is 14.8. The van der Waals surface area contributed by atoms with E-state index in [0.717, 1.165) is 5.56 Å². The molecule has 0 aromatic heterocycles. The highest BCUT2D eigenvalue weighted by atomic mass is 19.1. The molecule has 0 radical (unpaired) electrons. The van der Waals surface area contributed by atoms with Crippen LogP contribution in [0.4, 0.5) is 9.18 Å². The van der Waals surface area contributed by atoms with E-state index in [0.29, 0.717) is 5.56 Å². The average Bonchev–Trinajstić information content (AvgIpc) is 2.60. The Labute approximate surface area is 159 Å². The number of rotatable bonds is 5. The molecule has 0 heterocycles. The van der Waals surface area contributed by atoms with E-state index in [-0.39, 0.29) is 18.3 Å². The van der Waals surface area contributed by atoms with Crippen molar-refractivity contribution in [1.82, 2.24) is 10.2 Å². The van der Waals surface area contributed by atoms with Crippen molar-refractivity contribution in [3.63, 3.8) is 0 Å². The molecule has 144 valence electrons. The fraction of sp³-hybridized carbons (Fsp3) is 0.333. The third kappa shape index (κ3) is 6.40. The fourth-order valence-electron chi connectivity index (χ4n) is 2.47. The Balaban J connectivity index is 2.17. The molecule has 0 aliphatic rings. The van der Waals surface area contributed by atoms with Gasteiger partial charge >= 0.3 is 6.09 Å². The predicted octanol–water partition coefficient (Wildman–Crippen LogP) is 4.05. The highest BCUT2D eigenvalue weighted by Gasteiger charge is 2.29. The van der Waals surface area contributed by atoms with E-state index in [1.165, 1.54) is 17.0 Å². The lowest BCUT2D eigenvalue weighted by molar-refractivity contribution is -0.140. The van der Waals surface area contributed by atoms with Crippen LogP contribution in [0.2, 0.25) is 0 Å². The van der Waals surface area contributed by atoms with Gasteiger partial charge < -0.3 is 15.0 Å². The van der Waals surface area contributed by atoms with Crippen LogP contribution in [-0.4, -0.2) is 29.5 Å². The second kappa shape index (κ2) is 8.66. The zero-order valence-corrected chi connectivity index (χ0v) is 16.0. The quantitative estimate of drug-likeness (QED) is 0.861. The molecule has 1 N–H and O–H groups in total. The number of halogens is 1. The molecule has 2 aromatic rings. The normalized spacial score (nSPS) is 12.2. The lowest BCUT2D eigenvalue weighted by Crippen LogP contribution is -2.43. The zero-order chi connectivity index (χ0) is 20.0. The summed E-state index contributed by atoms with van der Waals surface area (Å²) < 4.78 is 18.5. The van der Waals surface area contributed by atoms with Crippen LogP contribution in [0.3, 0.4) is 0 Å². The van der Waals surface area contributed by atoms with Gasteiger partial charge in [-0.1, -0.05) is 42.5 Å². The number of carbonyl (C=O) groups excluding carboxylic acids is 2. The molecule has 5 nitrogen and oxygen atoms in total. The van der Waals surface area contributed by atoms with E-state index in [1.807, 2.05) is 26.8 Å². The molecule has 0 bridgehead atoms. The maximum absolute atomic E-state index is 13.1. The third-order valence-corrected chi connectivity index (χ3v) is 3.74. The van der Waals surface area contributed by atoms with Crippen molar-refractivity contribution in [3.05, 3.63) is 71.5 Å². The Morgan fingerprint density at radius 2 is 1.67 bits per heavy atom. The monoisotopic (exact) mass is 372 g/mol. The molecule has 27 heavy (non-hydrogen) atoms. The number of benzene rings is 2. The van der Waals surface area contributed by atoms with Gasteiger partial charge in [-0.05, 0) is 38.5 Å². The summed E-state index contributed by atoms with van der Waals surface area (Å²) in [6.07, 6.45) is -1.74. The topological polar surface area (TPSA) is 58.6 Å². The Morgan fingerprint density at radius 3 is 2.22 bits per heavy atom. The lowest BCUT2D eigenvalue weighted by Gasteiger charge is -2.26. The molecule has 0 aliphatic heterocycles. The smallest absolute Gasteiger partial charge is 0.408 e. The van der Waals surface area contributed by atoms with Gasteiger partial charge in [0.1, 0.15) is 5.82 Å². The SMILES string of the molecule is CN(Cc1ccc(F)cc1)C(=O)C(OC(=O)NC(C)(C)C)c1ccccc1. The standard InChI is InChI=1S/C21H25FN2O3/c1-21(2,3)23-20(26)27-18(16-8-6-5-7-9-16)19(25)24(4)14-15-10-12-17(22)13-11-15/h5-13,18H,14H2,1-4H3,(H,23,26). The number of ether oxygens (including phenoxy) is 1. The molecule has 0 aliphatic carbocycles. The van der Waals surface area contributed by atoms with E-state index in [4.69, 9.17) is 4.74 Å². The second-order valence-corrected chi connectivity index (χ2v) is 7.39. The van der Waals surface area contributed by atoms with Crippen molar-refractivity contribution in [2.45, 2.75) is 39.0 Å². The van der Waals surface area contributed by atoms with Crippen LogP contribution in [-0.2, 0) is 16.1 Å². The van der Waals surface area contributed by atoms with Crippen molar-refractivity contribution < 1.29 is 18.7 Å². The van der Waals surface area contributed by atoms with Gasteiger partial charge in [-0.25, -0.2) is 9.18 Å². The first-order chi connectivity index (χ1) is 12.7. The minimum atomic E-state index is -1.07. The molecule has 0 saturated carbocycles. The van der Waals surface area contributed by atoms with Gasteiger partial charge in [0.25, 0.3) is 5.91 Å². The van der Waals surface area contributed by atoms with Gasteiger partial charge in [-0.3, -0.25) is 4.79 Å². The zero-order valence-electron chi connectivity index (χ0n) is 16.0. The predicted molar refractivity (Wildman–Crippen MR) is 101 cm³/mol. The van der Waals surface area contributed by atoms with Crippen molar-refractivity contribution in [2.75, 3.05) is 7.05 Å². The summed E-state index contributed by atoms with van der Waals surface area (Å²) in [4.78, 5) is 26.6. The van der Waals surface area contributed by atoms with Gasteiger partial charge in [0.2, 0.25) is 6.10 Å². The van der Waals surface area contributed by atoms with E-state index in [9.17, 15) is 14.0 Å². The molecule has 2 aromatic carbocycles. The molecule has 0 fully saturated rings. The molecule has 1 atom stereocenters. The minimum Gasteiger partial charge on any atom is -0.431 e. The molecule has 6 heteroatoms. The summed E-state index contributed by atoms with van der Waals surface area (Å²) in [5, 5.41) is 2.70. The number of carbonyl (C=O) groups is 2. The number of hydrogen-bond acceptors (Lipinski definition) is 3. The first-order valence-corrected chi connectivity index (χ1v) is 8.69. The summed E-state index contributed by atoms with van der Waals surface area (Å²) in [7, 11) is 1.62. The summed E-state index contributed by atoms with van der Waals surface area (Å²) in [5.41, 5.74) is 0.872. The molecule has 2 rings (SSSR count). The number of likely N-dealkylation sites (N-methyl/N-ethyl adjacent to an activating group) is 1. The number of amides is 2. The van der Waals surface area contributed by atoms with Crippen molar-refractivity contribution in [3.8, 4) is 0 Å². The molecular formula is C21H25FN2O3. The summed E-state index contributed by atoms with van der Waals surface area (Å²) in [5.74, 6) is -0.702. The van der Waals surface area contributed by atoms with E-state index < -0.39 is 17.7 Å². The maximum Gasteiger partial charge on any atom is 0.408 e. The Morgan fingerprint density at radius 1 is 1.07 bits per heavy atom. The second-order valence-electron chi connectivity index (χ2n) is 7.39. The van der Waals surface area contributed by atoms with E-state index >= 15 is 0 Å². The first-order valence-electron chi connectivity index (χ1n) is 8.69. The lowest BCUT2D eigenvalue weighted by atomic mass is 10.1. The maximum atomic E-state index is 13.1. The number of hydrogen-bond donors (Lipinski definition) is 1. The van der Waals surface area contributed by atoms with E-state index in [1.54, 1.807) is 43.4 Å². The largest absolute Gasteiger partial charge is 0.431 e. The van der Waals surface area contributed by atoms with Crippen molar-refractivity contribution in [1.29, 1.82) is 0 Å². The molecule has 1 unspecified atom stereocenters. The number of nitrogens with one attached hydrogen (secondary N) is 1. The van der Waals surface area contributed by atoms with Gasteiger partial charge in [0.05, 0.1) is 0 Å². The van der Waals surface area contributed by atoms with Crippen LogP contribution >= 0.6 is 0 Å². The van der Waals surface area contributed by atoms with Gasteiger partial charge in [-0.2, -0.15) is 0 Å². The Bertz CT molecular complexity index is 770. The number of alkyl carbamates (subject to hydrolysis) is 1. The van der Waals surface area contributed by atoms with Crippen LogP contribution in [0.1, 0.15) is 38.0 Å². The summed E-state index contributed by atoms with van der Waals surface area (Å²) in [6.45, 7) is 5.75. The Hall–Kier alpha value is -2.89. The van der Waals surface area contributed by atoms with Crippen molar-refractivity contribution in [2.24, 2.45) is 0 Å². The van der Waals surface area contributed by atoms with Crippen LogP contribution < -0.4 is 5.32 Å². The van der Waals surface area contributed by atoms with E-state index in [2.05, 4.69) is 5.32 Å². The third-order valence-electron chi connectivity index (χ3n) is 3.74. The Kier molecular flexibility index (Phi) is 6.55. The van der Waals surface area contributed by atoms with Crippen molar-refractivity contribution >= 4 is 12.0 Å². The molecule has 2 amide bonds. The van der Waals surface area contributed by atoms with Gasteiger partial charge in [0.15, 0.2) is 0 Å². The highest BCUT2D eigenvalue weighted by molar-refractivity contribution is 5.84. The average molecular weight is 372 g/mol. The first kappa shape index (κ1) is 20.4. The number of nitrogens with zero attached hydrogens (tertiary/aromatic N) is 1. The molecule has 0 spiro atoms. The van der Waals surface area contributed by atoms with Crippen LogP contribution in [0.25, 0.3) is 0 Å². The van der Waals surface area contributed by atoms with Crippen LogP contribution in [0, 0.1) is 5.82 Å². The van der Waals surface area contributed by atoms with Crippen LogP contribution in [0.15, 0.2) is 54.6 Å². The highest BCUT2D eigenvalue weighted by Crippen LogP contribution is 2.21. The summed E-state index contributed by atoms with van der Waals surface area (Å²) >= 11 is 0. The van der Waals surface area contributed by atoms with Gasteiger partial charge in [-0.15, -0.1) is 0 Å². The molecular weight excluding hydrogens is 347 g/mol. The fourth-order valence-corrected chi connectivity index (χ4v) is 2.47. The minimum absolute atomic E-state index is 0.271. The van der Waals surface area contributed by atoms with Crippen LogP contribution in [0.5, 0.6) is 0 Å².